The molecule has 1 fully saturated rings. The van der Waals surface area contributed by atoms with Gasteiger partial charge < -0.3 is 0 Å². The van der Waals surface area contributed by atoms with Crippen LogP contribution in [-0.4, -0.2) is 36.4 Å². The third-order valence-electron chi connectivity index (χ3n) is 5.13. The predicted octanol–water partition coefficient (Wildman–Crippen LogP) is 2.75. The van der Waals surface area contributed by atoms with Crippen LogP contribution >= 0.6 is 0 Å². The van der Waals surface area contributed by atoms with Crippen molar-refractivity contribution >= 4 is 15.6 Å². The van der Waals surface area contributed by atoms with Gasteiger partial charge in [-0.1, -0.05) is 36.4 Å². The van der Waals surface area contributed by atoms with Crippen LogP contribution in [-0.2, 0) is 21.2 Å². The molecule has 0 aliphatic carbocycles. The summed E-state index contributed by atoms with van der Waals surface area (Å²) in [7, 11) is -3.57. The lowest BCUT2D eigenvalue weighted by molar-refractivity contribution is -0.119. The second-order valence-corrected chi connectivity index (χ2v) is 8.87. The first-order valence-corrected chi connectivity index (χ1v) is 10.0. The van der Waals surface area contributed by atoms with E-state index in [0.29, 0.717) is 6.54 Å². The van der Waals surface area contributed by atoms with Crippen molar-refractivity contribution in [3.8, 4) is 0 Å². The Bertz CT molecular complexity index is 972. The number of hydrogen-bond acceptors (Lipinski definition) is 4. The van der Waals surface area contributed by atoms with E-state index in [9.17, 15) is 17.6 Å². The van der Waals surface area contributed by atoms with Crippen molar-refractivity contribution in [2.24, 2.45) is 0 Å². The molecule has 26 heavy (non-hydrogen) atoms. The zero-order chi connectivity index (χ0) is 18.3. The molecule has 0 unspecified atom stereocenters. The van der Waals surface area contributed by atoms with Crippen molar-refractivity contribution in [1.29, 1.82) is 0 Å². The van der Waals surface area contributed by atoms with Gasteiger partial charge in [0.05, 0.1) is 16.2 Å². The summed E-state index contributed by atoms with van der Waals surface area (Å²) >= 11 is 0. The quantitative estimate of drug-likeness (QED) is 0.829. The van der Waals surface area contributed by atoms with E-state index in [2.05, 4.69) is 0 Å². The first-order chi connectivity index (χ1) is 12.5. The summed E-state index contributed by atoms with van der Waals surface area (Å²) in [5.74, 6) is -0.439. The second-order valence-electron chi connectivity index (χ2n) is 6.70. The van der Waals surface area contributed by atoms with Gasteiger partial charge >= 0.3 is 0 Å². The number of rotatable bonds is 4. The Morgan fingerprint density at radius 3 is 2.58 bits per heavy atom. The molecule has 4 rings (SSSR count). The maximum absolute atomic E-state index is 13.5. The van der Waals surface area contributed by atoms with E-state index >= 15 is 0 Å². The number of carbonyl (C=O) groups is 1. The van der Waals surface area contributed by atoms with Crippen LogP contribution in [0.1, 0.15) is 12.0 Å². The molecule has 2 aliphatic rings. The molecule has 4 nitrogen and oxygen atoms in total. The minimum absolute atomic E-state index is 0.0941. The van der Waals surface area contributed by atoms with Crippen molar-refractivity contribution in [2.75, 3.05) is 0 Å². The Kier molecular flexibility index (Phi) is 4.25. The lowest BCUT2D eigenvalue weighted by atomic mass is 10.1. The highest BCUT2D eigenvalue weighted by Crippen LogP contribution is 2.37. The van der Waals surface area contributed by atoms with E-state index < -0.39 is 27.2 Å². The molecule has 0 N–H and O–H groups in total. The largest absolute Gasteiger partial charge is 0.293 e. The van der Waals surface area contributed by atoms with Gasteiger partial charge in [-0.05, 0) is 42.3 Å². The van der Waals surface area contributed by atoms with Crippen LogP contribution in [0.5, 0.6) is 0 Å². The Balaban J connectivity index is 1.68. The molecule has 134 valence electrons. The number of halogens is 1. The van der Waals surface area contributed by atoms with E-state index in [4.69, 9.17) is 0 Å². The summed E-state index contributed by atoms with van der Waals surface area (Å²) < 4.78 is 39.7. The molecular formula is C20H18FNO3S. The zero-order valence-electron chi connectivity index (χ0n) is 14.0. The van der Waals surface area contributed by atoms with Crippen molar-refractivity contribution in [3.05, 3.63) is 78.1 Å². The second kappa shape index (κ2) is 6.45. The molecule has 0 spiro atoms. The zero-order valence-corrected chi connectivity index (χ0v) is 14.8. The van der Waals surface area contributed by atoms with Crippen molar-refractivity contribution in [2.45, 2.75) is 35.2 Å². The van der Waals surface area contributed by atoms with Crippen molar-refractivity contribution in [1.82, 2.24) is 4.90 Å². The molecule has 1 saturated heterocycles. The van der Waals surface area contributed by atoms with Gasteiger partial charge in [-0.3, -0.25) is 9.69 Å². The molecule has 0 saturated carbocycles. The maximum Gasteiger partial charge on any atom is 0.183 e. The third-order valence-corrected chi connectivity index (χ3v) is 7.33. The summed E-state index contributed by atoms with van der Waals surface area (Å²) in [5, 5.41) is -0.689. The number of hydrogen-bond donors (Lipinski definition) is 0. The van der Waals surface area contributed by atoms with Crippen LogP contribution < -0.4 is 0 Å². The fourth-order valence-electron chi connectivity index (χ4n) is 3.89. The number of ketones is 1. The molecule has 0 aromatic heterocycles. The molecule has 3 atom stereocenters. The van der Waals surface area contributed by atoms with Crippen LogP contribution in [0.25, 0.3) is 0 Å². The SMILES string of the molecule is O=C1C=C[C@H]2[C@H](S(=O)(=O)c3ccccc3)C[C@@H]1N2Cc1cccc(F)c1. The van der Waals surface area contributed by atoms with Crippen LogP contribution in [0.2, 0.25) is 0 Å². The lowest BCUT2D eigenvalue weighted by Gasteiger charge is -2.31. The number of carbonyl (C=O) groups excluding carboxylic acids is 1. The van der Waals surface area contributed by atoms with Gasteiger partial charge in [0.1, 0.15) is 5.82 Å². The predicted molar refractivity (Wildman–Crippen MR) is 95.7 cm³/mol. The minimum atomic E-state index is -3.57. The van der Waals surface area contributed by atoms with Gasteiger partial charge in [-0.25, -0.2) is 12.8 Å². The van der Waals surface area contributed by atoms with Gasteiger partial charge in [0.25, 0.3) is 0 Å². The Hall–Kier alpha value is -2.31. The van der Waals surface area contributed by atoms with E-state index in [0.717, 1.165) is 5.56 Å². The minimum Gasteiger partial charge on any atom is -0.293 e. The standard InChI is InChI=1S/C20H18FNO3S/c21-15-6-4-5-14(11-15)13-22-17-9-10-19(23)18(22)12-20(17)26(24,25)16-7-2-1-3-8-16/h1-11,17-18,20H,12-13H2/t17-,18-,20+/m0/s1. The third kappa shape index (κ3) is 2.89. The van der Waals surface area contributed by atoms with E-state index in [1.165, 1.54) is 18.2 Å². The molecule has 2 aromatic rings. The normalized spacial score (nSPS) is 25.6. The molecule has 0 amide bonds. The van der Waals surface area contributed by atoms with Gasteiger partial charge in [0, 0.05) is 12.6 Å². The average Bonchev–Trinajstić information content (AvgIpc) is 2.89. The maximum atomic E-state index is 13.5. The molecule has 2 heterocycles. The molecule has 0 radical (unpaired) electrons. The van der Waals surface area contributed by atoms with E-state index in [1.54, 1.807) is 48.5 Å². The topological polar surface area (TPSA) is 54.5 Å². The van der Waals surface area contributed by atoms with Crippen LogP contribution in [0.3, 0.4) is 0 Å². The highest BCUT2D eigenvalue weighted by Gasteiger charge is 2.50. The number of fused-ring (bicyclic) bond motifs is 2. The summed E-state index contributed by atoms with van der Waals surface area (Å²) in [6.45, 7) is 0.337. The van der Waals surface area contributed by atoms with Gasteiger partial charge in [0.15, 0.2) is 15.6 Å². The molecular weight excluding hydrogens is 353 g/mol. The number of nitrogens with zero attached hydrogens (tertiary/aromatic N) is 1. The summed E-state index contributed by atoms with van der Waals surface area (Å²) in [5.41, 5.74) is 0.723. The molecule has 2 aliphatic heterocycles. The van der Waals surface area contributed by atoms with Crippen LogP contribution in [0, 0.1) is 5.82 Å². The highest BCUT2D eigenvalue weighted by molar-refractivity contribution is 7.92. The average molecular weight is 371 g/mol. The fourth-order valence-corrected chi connectivity index (χ4v) is 5.83. The van der Waals surface area contributed by atoms with E-state index in [1.807, 2.05) is 4.90 Å². The Morgan fingerprint density at radius 2 is 1.85 bits per heavy atom. The van der Waals surface area contributed by atoms with Crippen LogP contribution in [0.4, 0.5) is 4.39 Å². The first kappa shape index (κ1) is 17.1. The van der Waals surface area contributed by atoms with Gasteiger partial charge in [-0.15, -0.1) is 0 Å². The van der Waals surface area contributed by atoms with E-state index in [-0.39, 0.29) is 22.9 Å². The summed E-state index contributed by atoms with van der Waals surface area (Å²) in [6, 6.07) is 13.6. The monoisotopic (exact) mass is 371 g/mol. The van der Waals surface area contributed by atoms with Crippen molar-refractivity contribution < 1.29 is 17.6 Å². The smallest absolute Gasteiger partial charge is 0.183 e. The molecule has 6 heteroatoms. The van der Waals surface area contributed by atoms with Gasteiger partial charge in [-0.2, -0.15) is 0 Å². The molecule has 2 bridgehead atoms. The Labute approximate surface area is 151 Å². The summed E-state index contributed by atoms with van der Waals surface area (Å²) in [6.07, 6.45) is 3.41. The number of benzene rings is 2. The van der Waals surface area contributed by atoms with Crippen molar-refractivity contribution in [3.63, 3.8) is 0 Å². The molecule has 2 aromatic carbocycles. The number of sulfone groups is 1. The summed E-state index contributed by atoms with van der Waals surface area (Å²) in [4.78, 5) is 14.5. The highest BCUT2D eigenvalue weighted by atomic mass is 32.2. The first-order valence-electron chi connectivity index (χ1n) is 8.48. The van der Waals surface area contributed by atoms with Gasteiger partial charge in [0.2, 0.25) is 0 Å². The Morgan fingerprint density at radius 1 is 1.08 bits per heavy atom. The van der Waals surface area contributed by atoms with Crippen LogP contribution in [0.15, 0.2) is 71.6 Å². The lowest BCUT2D eigenvalue weighted by Crippen LogP contribution is -2.44. The fraction of sp³-hybridized carbons (Fsp3) is 0.250.